The molecule has 4 heteroatoms. The predicted molar refractivity (Wildman–Crippen MR) is 46.6 cm³/mol. The minimum absolute atomic E-state index is 0.179. The zero-order valence-corrected chi connectivity index (χ0v) is 7.47. The van der Waals surface area contributed by atoms with E-state index in [4.69, 9.17) is 4.74 Å². The van der Waals surface area contributed by atoms with E-state index >= 15 is 0 Å². The normalized spacial score (nSPS) is 26.6. The van der Waals surface area contributed by atoms with Crippen LogP contribution in [0.15, 0.2) is 12.4 Å². The van der Waals surface area contributed by atoms with Gasteiger partial charge in [-0.05, 0) is 12.8 Å². The Kier molecular flexibility index (Phi) is 2.14. The topological polar surface area (TPSA) is 55.2 Å². The van der Waals surface area contributed by atoms with Gasteiger partial charge in [0.15, 0.2) is 0 Å². The second-order valence-corrected chi connectivity index (χ2v) is 3.23. The molecule has 2 unspecified atom stereocenters. The van der Waals surface area contributed by atoms with Gasteiger partial charge in [-0.25, -0.2) is 4.98 Å². The van der Waals surface area contributed by atoms with Gasteiger partial charge in [-0.15, -0.1) is 0 Å². The van der Waals surface area contributed by atoms with E-state index < -0.39 is 0 Å². The van der Waals surface area contributed by atoms with Crippen LogP contribution in [0.5, 0.6) is 5.88 Å². The Balaban J connectivity index is 2.13. The van der Waals surface area contributed by atoms with Crippen molar-refractivity contribution < 1.29 is 9.84 Å². The first-order valence-corrected chi connectivity index (χ1v) is 4.35. The summed E-state index contributed by atoms with van der Waals surface area (Å²) >= 11 is 0. The minimum Gasteiger partial charge on any atom is -0.480 e. The first-order chi connectivity index (χ1) is 6.31. The molecule has 70 valence electrons. The van der Waals surface area contributed by atoms with Gasteiger partial charge in [0.1, 0.15) is 0 Å². The van der Waals surface area contributed by atoms with Crippen molar-refractivity contribution in [2.45, 2.75) is 24.9 Å². The third kappa shape index (κ3) is 1.49. The van der Waals surface area contributed by atoms with Gasteiger partial charge in [-0.1, -0.05) is 0 Å². The number of nitrogens with zero attached hydrogens (tertiary/aromatic N) is 2. The molecule has 4 nitrogen and oxygen atoms in total. The summed E-state index contributed by atoms with van der Waals surface area (Å²) in [6.45, 7) is 0. The van der Waals surface area contributed by atoms with Crippen molar-refractivity contribution in [1.29, 1.82) is 0 Å². The maximum absolute atomic E-state index is 9.39. The van der Waals surface area contributed by atoms with Crippen molar-refractivity contribution in [3.05, 3.63) is 18.1 Å². The molecule has 1 aromatic rings. The molecule has 1 saturated carbocycles. The summed E-state index contributed by atoms with van der Waals surface area (Å²) in [6.07, 6.45) is 4.90. The summed E-state index contributed by atoms with van der Waals surface area (Å²) in [5, 5.41) is 9.39. The number of aliphatic hydroxyl groups excluding tert-OH is 1. The largest absolute Gasteiger partial charge is 0.480 e. The Morgan fingerprint density at radius 3 is 2.62 bits per heavy atom. The van der Waals surface area contributed by atoms with Gasteiger partial charge in [-0.3, -0.25) is 4.98 Å². The highest BCUT2D eigenvalue weighted by Gasteiger charge is 2.31. The molecular weight excluding hydrogens is 168 g/mol. The Bertz CT molecular complexity index is 286. The Labute approximate surface area is 76.6 Å². The zero-order chi connectivity index (χ0) is 9.26. The number of aromatic nitrogens is 2. The lowest BCUT2D eigenvalue weighted by molar-refractivity contribution is 0.0640. The molecule has 1 aromatic heterocycles. The van der Waals surface area contributed by atoms with Crippen LogP contribution < -0.4 is 4.74 Å². The van der Waals surface area contributed by atoms with Gasteiger partial charge in [-0.2, -0.15) is 0 Å². The van der Waals surface area contributed by atoms with Crippen molar-refractivity contribution in [2.75, 3.05) is 7.11 Å². The first kappa shape index (κ1) is 8.44. The van der Waals surface area contributed by atoms with E-state index in [0.29, 0.717) is 5.88 Å². The van der Waals surface area contributed by atoms with Gasteiger partial charge < -0.3 is 9.84 Å². The van der Waals surface area contributed by atoms with Gasteiger partial charge in [0.2, 0.25) is 5.88 Å². The van der Waals surface area contributed by atoms with E-state index in [1.807, 2.05) is 0 Å². The van der Waals surface area contributed by atoms with Crippen LogP contribution in [0.4, 0.5) is 0 Å². The summed E-state index contributed by atoms with van der Waals surface area (Å²) in [7, 11) is 1.56. The van der Waals surface area contributed by atoms with Gasteiger partial charge >= 0.3 is 0 Å². The molecule has 0 aliphatic heterocycles. The summed E-state index contributed by atoms with van der Waals surface area (Å²) in [5.41, 5.74) is 0.861. The molecule has 1 aliphatic carbocycles. The van der Waals surface area contributed by atoms with Gasteiger partial charge in [0.25, 0.3) is 0 Å². The lowest BCUT2D eigenvalue weighted by atomic mass is 9.80. The molecule has 0 aromatic carbocycles. The van der Waals surface area contributed by atoms with Gasteiger partial charge in [0.05, 0.1) is 31.3 Å². The standard InChI is InChI=1S/C9H12N2O2/c1-13-9-5-10-7(4-11-9)6-2-3-8(6)12/h4-6,8,12H,2-3H2,1H3. The first-order valence-electron chi connectivity index (χ1n) is 4.35. The van der Waals surface area contributed by atoms with E-state index in [0.717, 1.165) is 18.5 Å². The van der Waals surface area contributed by atoms with E-state index in [-0.39, 0.29) is 12.0 Å². The number of methoxy groups -OCH3 is 1. The van der Waals surface area contributed by atoms with Crippen LogP contribution in [-0.2, 0) is 0 Å². The fraction of sp³-hybridized carbons (Fsp3) is 0.556. The average Bonchev–Trinajstić information content (AvgIpc) is 2.17. The van der Waals surface area contributed by atoms with Crippen molar-refractivity contribution in [3.63, 3.8) is 0 Å². The Morgan fingerprint density at radius 2 is 2.23 bits per heavy atom. The van der Waals surface area contributed by atoms with Crippen molar-refractivity contribution >= 4 is 0 Å². The third-order valence-electron chi connectivity index (χ3n) is 2.48. The van der Waals surface area contributed by atoms with Crippen molar-refractivity contribution in [2.24, 2.45) is 0 Å². The molecule has 13 heavy (non-hydrogen) atoms. The Morgan fingerprint density at radius 1 is 1.38 bits per heavy atom. The molecule has 0 amide bonds. The molecule has 1 heterocycles. The van der Waals surface area contributed by atoms with E-state index in [1.54, 1.807) is 19.5 Å². The number of hydrogen-bond donors (Lipinski definition) is 1. The average molecular weight is 180 g/mol. The highest BCUT2D eigenvalue weighted by Crippen LogP contribution is 2.35. The third-order valence-corrected chi connectivity index (χ3v) is 2.48. The molecular formula is C9H12N2O2. The molecule has 2 rings (SSSR count). The number of rotatable bonds is 2. The predicted octanol–water partition coefficient (Wildman–Crippen LogP) is 0.723. The Hall–Kier alpha value is -1.16. The fourth-order valence-electron chi connectivity index (χ4n) is 1.45. The van der Waals surface area contributed by atoms with E-state index in [9.17, 15) is 5.11 Å². The lowest BCUT2D eigenvalue weighted by Gasteiger charge is -2.31. The second kappa shape index (κ2) is 3.30. The van der Waals surface area contributed by atoms with Crippen LogP contribution in [0.1, 0.15) is 24.5 Å². The minimum atomic E-state index is -0.234. The number of hydrogen-bond acceptors (Lipinski definition) is 4. The second-order valence-electron chi connectivity index (χ2n) is 3.23. The van der Waals surface area contributed by atoms with Crippen LogP contribution in [0.2, 0.25) is 0 Å². The van der Waals surface area contributed by atoms with Crippen LogP contribution in [-0.4, -0.2) is 28.3 Å². The lowest BCUT2D eigenvalue weighted by Crippen LogP contribution is -2.29. The molecule has 0 radical (unpaired) electrons. The zero-order valence-electron chi connectivity index (χ0n) is 7.47. The molecule has 2 atom stereocenters. The summed E-state index contributed by atoms with van der Waals surface area (Å²) < 4.78 is 4.89. The van der Waals surface area contributed by atoms with Crippen molar-refractivity contribution in [3.8, 4) is 5.88 Å². The summed E-state index contributed by atoms with van der Waals surface area (Å²) in [5.74, 6) is 0.691. The SMILES string of the molecule is COc1cnc(C2CCC2O)cn1. The fourth-order valence-corrected chi connectivity index (χ4v) is 1.45. The molecule has 0 bridgehead atoms. The number of ether oxygens (including phenoxy) is 1. The molecule has 0 spiro atoms. The molecule has 1 aliphatic rings. The smallest absolute Gasteiger partial charge is 0.231 e. The quantitative estimate of drug-likeness (QED) is 0.728. The molecule has 1 fully saturated rings. The molecule has 1 N–H and O–H groups in total. The number of aliphatic hydroxyl groups is 1. The monoisotopic (exact) mass is 180 g/mol. The van der Waals surface area contributed by atoms with E-state index in [2.05, 4.69) is 9.97 Å². The highest BCUT2D eigenvalue weighted by molar-refractivity contribution is 5.14. The summed E-state index contributed by atoms with van der Waals surface area (Å²) in [4.78, 5) is 8.21. The highest BCUT2D eigenvalue weighted by atomic mass is 16.5. The van der Waals surface area contributed by atoms with Crippen molar-refractivity contribution in [1.82, 2.24) is 9.97 Å². The summed E-state index contributed by atoms with van der Waals surface area (Å²) in [6, 6.07) is 0. The van der Waals surface area contributed by atoms with Crippen LogP contribution in [0.3, 0.4) is 0 Å². The van der Waals surface area contributed by atoms with Crippen LogP contribution >= 0.6 is 0 Å². The van der Waals surface area contributed by atoms with E-state index in [1.165, 1.54) is 0 Å². The maximum Gasteiger partial charge on any atom is 0.231 e. The van der Waals surface area contributed by atoms with Crippen LogP contribution in [0.25, 0.3) is 0 Å². The molecule has 0 saturated heterocycles. The maximum atomic E-state index is 9.39. The van der Waals surface area contributed by atoms with Crippen LogP contribution in [0, 0.1) is 0 Å². The van der Waals surface area contributed by atoms with Gasteiger partial charge in [0, 0.05) is 5.92 Å².